The molecule has 0 aliphatic carbocycles. The minimum atomic E-state index is 0.436. The summed E-state index contributed by atoms with van der Waals surface area (Å²) in [6.45, 7) is 10.6. The molecule has 1 aliphatic heterocycles. The van der Waals surface area contributed by atoms with Crippen molar-refractivity contribution < 1.29 is 0 Å². The van der Waals surface area contributed by atoms with Crippen molar-refractivity contribution in [1.29, 1.82) is 0 Å². The second-order valence-electron chi connectivity index (χ2n) is 2.43. The third kappa shape index (κ3) is 1.39. The Kier molecular flexibility index (Phi) is 2.51. The summed E-state index contributed by atoms with van der Waals surface area (Å²) < 4.78 is 0. The SMILES string of the molecule is C=CC1CNCCN1C=C. The van der Waals surface area contributed by atoms with E-state index in [1.807, 2.05) is 12.3 Å². The van der Waals surface area contributed by atoms with Crippen LogP contribution in [0.1, 0.15) is 0 Å². The summed E-state index contributed by atoms with van der Waals surface area (Å²) in [6, 6.07) is 0.436. The summed E-state index contributed by atoms with van der Waals surface area (Å²) in [4.78, 5) is 2.20. The maximum Gasteiger partial charge on any atom is 0.0589 e. The first-order valence-corrected chi connectivity index (χ1v) is 3.60. The minimum absolute atomic E-state index is 0.436. The van der Waals surface area contributed by atoms with Crippen LogP contribution >= 0.6 is 0 Å². The summed E-state index contributed by atoms with van der Waals surface area (Å²) in [6.07, 6.45) is 3.83. The molecule has 1 unspecified atom stereocenters. The van der Waals surface area contributed by atoms with Gasteiger partial charge >= 0.3 is 0 Å². The molecule has 10 heavy (non-hydrogen) atoms. The summed E-state index contributed by atoms with van der Waals surface area (Å²) in [5.74, 6) is 0. The molecule has 1 aliphatic rings. The Morgan fingerprint density at radius 3 is 2.80 bits per heavy atom. The van der Waals surface area contributed by atoms with Crippen LogP contribution in [-0.4, -0.2) is 30.6 Å². The predicted octanol–water partition coefficient (Wildman–Crippen LogP) is 0.590. The second kappa shape index (κ2) is 3.42. The van der Waals surface area contributed by atoms with E-state index >= 15 is 0 Å². The molecule has 1 N–H and O–H groups in total. The van der Waals surface area contributed by atoms with Gasteiger partial charge in [0.2, 0.25) is 0 Å². The third-order valence-corrected chi connectivity index (χ3v) is 1.83. The van der Waals surface area contributed by atoms with Crippen molar-refractivity contribution in [2.75, 3.05) is 19.6 Å². The standard InChI is InChI=1S/C8H14N2/c1-3-8-7-9-5-6-10(8)4-2/h3-4,8-9H,1-2,5-7H2. The Labute approximate surface area is 62.2 Å². The highest BCUT2D eigenvalue weighted by Crippen LogP contribution is 2.02. The van der Waals surface area contributed by atoms with Gasteiger partial charge in [0.15, 0.2) is 0 Å². The Balaban J connectivity index is 2.49. The van der Waals surface area contributed by atoms with Gasteiger partial charge in [-0.1, -0.05) is 12.7 Å². The quantitative estimate of drug-likeness (QED) is 0.562. The van der Waals surface area contributed by atoms with Crippen molar-refractivity contribution in [3.05, 3.63) is 25.4 Å². The number of rotatable bonds is 2. The zero-order chi connectivity index (χ0) is 7.40. The third-order valence-electron chi connectivity index (χ3n) is 1.83. The first kappa shape index (κ1) is 7.35. The molecule has 0 aromatic carbocycles. The van der Waals surface area contributed by atoms with Crippen LogP contribution in [0.2, 0.25) is 0 Å². The topological polar surface area (TPSA) is 15.3 Å². The Morgan fingerprint density at radius 1 is 1.50 bits per heavy atom. The summed E-state index contributed by atoms with van der Waals surface area (Å²) in [7, 11) is 0. The summed E-state index contributed by atoms with van der Waals surface area (Å²) in [5.41, 5.74) is 0. The molecule has 0 spiro atoms. The lowest BCUT2D eigenvalue weighted by Crippen LogP contribution is -2.47. The Hall–Kier alpha value is -0.760. The van der Waals surface area contributed by atoms with Gasteiger partial charge in [-0.25, -0.2) is 0 Å². The van der Waals surface area contributed by atoms with Crippen LogP contribution in [0.5, 0.6) is 0 Å². The van der Waals surface area contributed by atoms with Crippen molar-refractivity contribution in [3.63, 3.8) is 0 Å². The molecule has 1 rings (SSSR count). The number of hydrogen-bond donors (Lipinski definition) is 1. The summed E-state index contributed by atoms with van der Waals surface area (Å²) >= 11 is 0. The second-order valence-corrected chi connectivity index (χ2v) is 2.43. The molecule has 0 saturated carbocycles. The van der Waals surface area contributed by atoms with E-state index in [1.54, 1.807) is 0 Å². The molecular weight excluding hydrogens is 124 g/mol. The van der Waals surface area contributed by atoms with E-state index in [9.17, 15) is 0 Å². The lowest BCUT2D eigenvalue weighted by atomic mass is 10.2. The molecule has 0 radical (unpaired) electrons. The van der Waals surface area contributed by atoms with E-state index in [0.717, 1.165) is 19.6 Å². The van der Waals surface area contributed by atoms with E-state index in [2.05, 4.69) is 23.4 Å². The van der Waals surface area contributed by atoms with Gasteiger partial charge in [-0.15, -0.1) is 6.58 Å². The monoisotopic (exact) mass is 138 g/mol. The van der Waals surface area contributed by atoms with Gasteiger partial charge in [-0.3, -0.25) is 0 Å². The fourth-order valence-electron chi connectivity index (χ4n) is 1.19. The fourth-order valence-corrected chi connectivity index (χ4v) is 1.19. The molecule has 0 bridgehead atoms. The molecule has 2 heteroatoms. The average molecular weight is 138 g/mol. The van der Waals surface area contributed by atoms with Gasteiger partial charge in [-0.05, 0) is 6.20 Å². The number of hydrogen-bond acceptors (Lipinski definition) is 2. The van der Waals surface area contributed by atoms with E-state index in [-0.39, 0.29) is 0 Å². The van der Waals surface area contributed by atoms with Crippen LogP contribution in [-0.2, 0) is 0 Å². The molecule has 1 heterocycles. The van der Waals surface area contributed by atoms with Crippen LogP contribution in [0.4, 0.5) is 0 Å². The van der Waals surface area contributed by atoms with Gasteiger partial charge in [-0.2, -0.15) is 0 Å². The molecule has 2 nitrogen and oxygen atoms in total. The first-order chi connectivity index (χ1) is 4.88. The van der Waals surface area contributed by atoms with Crippen LogP contribution in [0.25, 0.3) is 0 Å². The maximum atomic E-state index is 3.75. The van der Waals surface area contributed by atoms with Gasteiger partial charge in [0, 0.05) is 19.6 Å². The largest absolute Gasteiger partial charge is 0.369 e. The van der Waals surface area contributed by atoms with Gasteiger partial charge in [0.25, 0.3) is 0 Å². The normalized spacial score (nSPS) is 26.0. The van der Waals surface area contributed by atoms with E-state index in [0.29, 0.717) is 6.04 Å². The molecular formula is C8H14N2. The minimum Gasteiger partial charge on any atom is -0.369 e. The summed E-state index contributed by atoms with van der Waals surface area (Å²) in [5, 5.41) is 3.29. The van der Waals surface area contributed by atoms with E-state index < -0.39 is 0 Å². The molecule has 0 aromatic heterocycles. The van der Waals surface area contributed by atoms with Gasteiger partial charge in [0.05, 0.1) is 6.04 Å². The molecule has 0 aromatic rings. The number of nitrogens with zero attached hydrogens (tertiary/aromatic N) is 1. The molecule has 56 valence electrons. The molecule has 0 amide bonds. The Morgan fingerprint density at radius 2 is 2.30 bits per heavy atom. The van der Waals surface area contributed by atoms with Gasteiger partial charge in [0.1, 0.15) is 0 Å². The molecule has 1 fully saturated rings. The van der Waals surface area contributed by atoms with Crippen molar-refractivity contribution >= 4 is 0 Å². The first-order valence-electron chi connectivity index (χ1n) is 3.60. The van der Waals surface area contributed by atoms with Crippen molar-refractivity contribution in [3.8, 4) is 0 Å². The van der Waals surface area contributed by atoms with E-state index in [4.69, 9.17) is 0 Å². The van der Waals surface area contributed by atoms with E-state index in [1.165, 1.54) is 0 Å². The van der Waals surface area contributed by atoms with Crippen molar-refractivity contribution in [2.24, 2.45) is 0 Å². The molecule has 1 saturated heterocycles. The predicted molar refractivity (Wildman–Crippen MR) is 43.8 cm³/mol. The highest BCUT2D eigenvalue weighted by Gasteiger charge is 2.14. The highest BCUT2D eigenvalue weighted by atomic mass is 15.2. The maximum absolute atomic E-state index is 3.75. The smallest absolute Gasteiger partial charge is 0.0589 e. The lowest BCUT2D eigenvalue weighted by Gasteiger charge is -2.32. The lowest BCUT2D eigenvalue weighted by molar-refractivity contribution is 0.268. The number of nitrogens with one attached hydrogen (secondary N) is 1. The van der Waals surface area contributed by atoms with Crippen LogP contribution in [0.15, 0.2) is 25.4 Å². The van der Waals surface area contributed by atoms with Crippen LogP contribution in [0.3, 0.4) is 0 Å². The Bertz CT molecular complexity index is 115. The van der Waals surface area contributed by atoms with Crippen molar-refractivity contribution in [1.82, 2.24) is 10.2 Å². The fraction of sp³-hybridized carbons (Fsp3) is 0.500. The van der Waals surface area contributed by atoms with Crippen LogP contribution < -0.4 is 5.32 Å². The van der Waals surface area contributed by atoms with Crippen molar-refractivity contribution in [2.45, 2.75) is 6.04 Å². The van der Waals surface area contributed by atoms with Crippen LogP contribution in [0, 0.1) is 0 Å². The zero-order valence-corrected chi connectivity index (χ0v) is 6.21. The highest BCUT2D eigenvalue weighted by molar-refractivity contribution is 4.95. The molecule has 1 atom stereocenters. The average Bonchev–Trinajstić information content (AvgIpc) is 2.04. The zero-order valence-electron chi connectivity index (χ0n) is 6.21. The van der Waals surface area contributed by atoms with Gasteiger partial charge < -0.3 is 10.2 Å². The number of piperazine rings is 1.